The third kappa shape index (κ3) is 9.23. The zero-order valence-electron chi connectivity index (χ0n) is 22.7. The summed E-state index contributed by atoms with van der Waals surface area (Å²) in [5.41, 5.74) is 0. The molecule has 2 saturated carbocycles. The van der Waals surface area contributed by atoms with Gasteiger partial charge in [0.05, 0.1) is 12.1 Å². The lowest BCUT2D eigenvalue weighted by molar-refractivity contribution is -0.143. The minimum atomic E-state index is -1.40. The Labute approximate surface area is 223 Å². The second-order valence-corrected chi connectivity index (χ2v) is 11.2. The van der Waals surface area contributed by atoms with E-state index in [9.17, 15) is 34.2 Å². The van der Waals surface area contributed by atoms with Crippen molar-refractivity contribution in [2.45, 2.75) is 103 Å². The van der Waals surface area contributed by atoms with Gasteiger partial charge in [-0.25, -0.2) is 4.79 Å². The lowest BCUT2D eigenvalue weighted by Gasteiger charge is -2.27. The van der Waals surface area contributed by atoms with Crippen molar-refractivity contribution in [3.63, 3.8) is 0 Å². The van der Waals surface area contributed by atoms with Crippen molar-refractivity contribution < 1.29 is 39.3 Å². The number of aliphatic hydroxyl groups is 1. The molecule has 7 N–H and O–H groups in total. The average Bonchev–Trinajstić information content (AvgIpc) is 3.45. The molecule has 0 spiro atoms. The van der Waals surface area contributed by atoms with Gasteiger partial charge in [0, 0.05) is 6.42 Å². The number of aliphatic hydroxyl groups excluding tert-OH is 1. The molecule has 216 valence electrons. The Kier molecular flexibility index (Phi) is 12.0. The molecule has 0 radical (unpaired) electrons. The zero-order chi connectivity index (χ0) is 28.6. The van der Waals surface area contributed by atoms with E-state index in [0.29, 0.717) is 12.5 Å². The number of hydrogen-bond acceptors (Lipinski definition) is 7. The average molecular weight is 541 g/mol. The molecule has 2 rings (SSSR count). The predicted octanol–water partition coefficient (Wildman–Crippen LogP) is 0.231. The SMILES string of the molecule is CC(C)[C@H](NC(=O)[C@H](C)NC(=O)[C@@H](NC(=O)[C@H](CCC(=O)O)NCCC1CC2CCC1C2)[C@@H](C)O)C(=O)O. The zero-order valence-corrected chi connectivity index (χ0v) is 22.7. The van der Waals surface area contributed by atoms with Gasteiger partial charge in [-0.1, -0.05) is 20.3 Å². The van der Waals surface area contributed by atoms with E-state index in [2.05, 4.69) is 21.3 Å². The highest BCUT2D eigenvalue weighted by molar-refractivity contribution is 5.94. The molecule has 12 heteroatoms. The van der Waals surface area contributed by atoms with E-state index in [1.807, 2.05) is 0 Å². The first-order valence-corrected chi connectivity index (χ1v) is 13.6. The quantitative estimate of drug-likeness (QED) is 0.143. The highest BCUT2D eigenvalue weighted by Gasteiger charge is 2.39. The Morgan fingerprint density at radius 3 is 2.00 bits per heavy atom. The van der Waals surface area contributed by atoms with Crippen molar-refractivity contribution in [1.82, 2.24) is 21.3 Å². The van der Waals surface area contributed by atoms with Crippen LogP contribution in [-0.2, 0) is 24.0 Å². The van der Waals surface area contributed by atoms with E-state index in [-0.39, 0.29) is 18.8 Å². The number of nitrogens with one attached hydrogen (secondary N) is 4. The summed E-state index contributed by atoms with van der Waals surface area (Å²) < 4.78 is 0. The van der Waals surface area contributed by atoms with Crippen molar-refractivity contribution in [1.29, 1.82) is 0 Å². The number of carbonyl (C=O) groups is 5. The first-order chi connectivity index (χ1) is 17.8. The van der Waals surface area contributed by atoms with Gasteiger partial charge in [-0.05, 0) is 76.2 Å². The van der Waals surface area contributed by atoms with Gasteiger partial charge in [-0.15, -0.1) is 0 Å². The van der Waals surface area contributed by atoms with Crippen LogP contribution in [0.2, 0.25) is 0 Å². The maximum Gasteiger partial charge on any atom is 0.326 e. The lowest BCUT2D eigenvalue weighted by atomic mass is 9.86. The molecule has 2 bridgehead atoms. The smallest absolute Gasteiger partial charge is 0.326 e. The minimum Gasteiger partial charge on any atom is -0.481 e. The van der Waals surface area contributed by atoms with Crippen LogP contribution in [0.15, 0.2) is 0 Å². The fraction of sp³-hybridized carbons (Fsp3) is 0.808. The van der Waals surface area contributed by atoms with Crippen molar-refractivity contribution in [2.75, 3.05) is 6.54 Å². The summed E-state index contributed by atoms with van der Waals surface area (Å²) in [5.74, 6) is -2.70. The molecule has 3 amide bonds. The number of carbonyl (C=O) groups excluding carboxylic acids is 3. The Balaban J connectivity index is 1.95. The second-order valence-electron chi connectivity index (χ2n) is 11.2. The van der Waals surface area contributed by atoms with E-state index < -0.39 is 59.9 Å². The maximum absolute atomic E-state index is 13.0. The van der Waals surface area contributed by atoms with Crippen molar-refractivity contribution >= 4 is 29.7 Å². The number of fused-ring (bicyclic) bond motifs is 2. The van der Waals surface area contributed by atoms with Crippen LogP contribution in [0.4, 0.5) is 0 Å². The number of aliphatic carboxylic acids is 2. The Morgan fingerprint density at radius 2 is 1.50 bits per heavy atom. The number of amides is 3. The van der Waals surface area contributed by atoms with Crippen molar-refractivity contribution in [2.24, 2.45) is 23.7 Å². The molecular formula is C26H44N4O8. The van der Waals surface area contributed by atoms with Crippen molar-refractivity contribution in [3.05, 3.63) is 0 Å². The number of rotatable bonds is 16. The molecule has 0 aliphatic heterocycles. The van der Waals surface area contributed by atoms with Crippen LogP contribution < -0.4 is 21.3 Å². The van der Waals surface area contributed by atoms with E-state index in [1.54, 1.807) is 13.8 Å². The molecule has 2 aliphatic carbocycles. The summed E-state index contributed by atoms with van der Waals surface area (Å²) >= 11 is 0. The highest BCUT2D eigenvalue weighted by Crippen LogP contribution is 2.49. The fourth-order valence-corrected chi connectivity index (χ4v) is 5.59. The van der Waals surface area contributed by atoms with Gasteiger partial charge in [0.25, 0.3) is 0 Å². The van der Waals surface area contributed by atoms with Gasteiger partial charge in [0.15, 0.2) is 0 Å². The highest BCUT2D eigenvalue weighted by atomic mass is 16.4. The van der Waals surface area contributed by atoms with Gasteiger partial charge < -0.3 is 36.6 Å². The lowest BCUT2D eigenvalue weighted by Crippen LogP contribution is -2.59. The van der Waals surface area contributed by atoms with E-state index >= 15 is 0 Å². The Hall–Kier alpha value is -2.73. The Bertz CT molecular complexity index is 864. The number of carboxylic acid groups (broad SMARTS) is 2. The summed E-state index contributed by atoms with van der Waals surface area (Å²) in [6.45, 7) is 6.47. The molecule has 3 unspecified atom stereocenters. The fourth-order valence-electron chi connectivity index (χ4n) is 5.59. The van der Waals surface area contributed by atoms with E-state index in [1.165, 1.54) is 39.5 Å². The Morgan fingerprint density at radius 1 is 0.842 bits per heavy atom. The second kappa shape index (κ2) is 14.4. The van der Waals surface area contributed by atoms with Crippen LogP contribution in [0.3, 0.4) is 0 Å². The largest absolute Gasteiger partial charge is 0.481 e. The monoisotopic (exact) mass is 540 g/mol. The standard InChI is InChI=1S/C26H44N4O8/c1-13(2)21(26(37)38)29-23(34)14(3)28-25(36)22(15(4)31)30-24(35)19(7-8-20(32)33)27-10-9-18-12-16-5-6-17(18)11-16/h13-19,21-22,27,31H,5-12H2,1-4H3,(H,28,36)(H,29,34)(H,30,35)(H,32,33)(H,37,38)/t14-,15+,16?,17?,18?,19-,21-,22-/m0/s1. The normalized spacial score (nSPS) is 24.2. The van der Waals surface area contributed by atoms with Gasteiger partial charge >= 0.3 is 11.9 Å². The molecule has 8 atom stereocenters. The molecule has 12 nitrogen and oxygen atoms in total. The van der Waals surface area contributed by atoms with Crippen LogP contribution in [0, 0.1) is 23.7 Å². The summed E-state index contributed by atoms with van der Waals surface area (Å²) in [4.78, 5) is 60.8. The third-order valence-corrected chi connectivity index (χ3v) is 7.80. The molecule has 0 aromatic rings. The molecule has 0 aromatic heterocycles. The first kappa shape index (κ1) is 31.5. The van der Waals surface area contributed by atoms with Gasteiger partial charge in [0.1, 0.15) is 18.1 Å². The molecule has 0 saturated heterocycles. The molecule has 38 heavy (non-hydrogen) atoms. The van der Waals surface area contributed by atoms with Crippen LogP contribution in [0.25, 0.3) is 0 Å². The number of carboxylic acids is 2. The summed E-state index contributed by atoms with van der Waals surface area (Å²) in [6, 6.07) is -4.56. The van der Waals surface area contributed by atoms with Crippen LogP contribution in [-0.4, -0.2) is 81.8 Å². The van der Waals surface area contributed by atoms with Gasteiger partial charge in [-0.2, -0.15) is 0 Å². The molecule has 0 heterocycles. The molecular weight excluding hydrogens is 496 g/mol. The van der Waals surface area contributed by atoms with Crippen LogP contribution >= 0.6 is 0 Å². The summed E-state index contributed by atoms with van der Waals surface area (Å²) in [6.07, 6.45) is 4.33. The maximum atomic E-state index is 13.0. The topological polar surface area (TPSA) is 194 Å². The van der Waals surface area contributed by atoms with Gasteiger partial charge in [-0.3, -0.25) is 19.2 Å². The molecule has 2 aliphatic rings. The predicted molar refractivity (Wildman–Crippen MR) is 138 cm³/mol. The van der Waals surface area contributed by atoms with E-state index in [4.69, 9.17) is 5.11 Å². The van der Waals surface area contributed by atoms with E-state index in [0.717, 1.165) is 18.3 Å². The third-order valence-electron chi connectivity index (χ3n) is 7.80. The van der Waals surface area contributed by atoms with Gasteiger partial charge in [0.2, 0.25) is 17.7 Å². The number of hydrogen-bond donors (Lipinski definition) is 7. The summed E-state index contributed by atoms with van der Waals surface area (Å²) in [5, 5.41) is 39.0. The van der Waals surface area contributed by atoms with Crippen LogP contribution in [0.5, 0.6) is 0 Å². The van der Waals surface area contributed by atoms with Crippen molar-refractivity contribution in [3.8, 4) is 0 Å². The van der Waals surface area contributed by atoms with Crippen LogP contribution in [0.1, 0.15) is 72.6 Å². The molecule has 0 aromatic carbocycles. The minimum absolute atomic E-state index is 0.0105. The first-order valence-electron chi connectivity index (χ1n) is 13.6. The summed E-state index contributed by atoms with van der Waals surface area (Å²) in [7, 11) is 0. The molecule has 2 fully saturated rings.